The number of allylic oxidation sites excluding steroid dienone is 1. The second kappa shape index (κ2) is 6.61. The van der Waals surface area contributed by atoms with E-state index >= 15 is 0 Å². The number of esters is 1. The van der Waals surface area contributed by atoms with E-state index in [0.717, 1.165) is 4.47 Å². The third kappa shape index (κ3) is 4.47. The number of rotatable bonds is 3. The van der Waals surface area contributed by atoms with Crippen LogP contribution in [0.5, 0.6) is 0 Å². The Hall–Kier alpha value is -2.03. The molecule has 1 heterocycles. The number of nitrogens with one attached hydrogen (secondary N) is 2. The molecule has 1 unspecified atom stereocenters. The number of benzene rings is 1. The van der Waals surface area contributed by atoms with Crippen LogP contribution in [0.25, 0.3) is 0 Å². The minimum atomic E-state index is -4.62. The number of urea groups is 1. The first-order chi connectivity index (χ1) is 10.7. The van der Waals surface area contributed by atoms with Gasteiger partial charge in [0.2, 0.25) is 0 Å². The molecule has 1 aromatic rings. The van der Waals surface area contributed by atoms with E-state index in [1.807, 2.05) is 0 Å². The summed E-state index contributed by atoms with van der Waals surface area (Å²) >= 11 is 3.26. The maximum Gasteiger partial charge on any atom is 0.422 e. The Kier molecular flexibility index (Phi) is 4.98. The predicted molar refractivity (Wildman–Crippen MR) is 78.3 cm³/mol. The summed E-state index contributed by atoms with van der Waals surface area (Å²) in [5.74, 6) is -1.14. The van der Waals surface area contributed by atoms with Gasteiger partial charge < -0.3 is 15.4 Å². The van der Waals surface area contributed by atoms with Gasteiger partial charge in [-0.25, -0.2) is 9.59 Å². The van der Waals surface area contributed by atoms with Gasteiger partial charge in [-0.05, 0) is 24.6 Å². The van der Waals surface area contributed by atoms with Crippen molar-refractivity contribution in [1.29, 1.82) is 0 Å². The van der Waals surface area contributed by atoms with E-state index < -0.39 is 30.8 Å². The summed E-state index contributed by atoms with van der Waals surface area (Å²) in [5.41, 5.74) is 0.617. The number of carbonyl (C=O) groups excluding carboxylic acids is 2. The van der Waals surface area contributed by atoms with Crippen molar-refractivity contribution in [3.05, 3.63) is 45.6 Å². The van der Waals surface area contributed by atoms with Crippen molar-refractivity contribution in [2.75, 3.05) is 6.61 Å². The monoisotopic (exact) mass is 392 g/mol. The lowest BCUT2D eigenvalue weighted by atomic mass is 9.96. The lowest BCUT2D eigenvalue weighted by Crippen LogP contribution is -2.45. The summed E-state index contributed by atoms with van der Waals surface area (Å²) in [6, 6.07) is 5.23. The Morgan fingerprint density at radius 2 is 1.91 bits per heavy atom. The number of hydrogen-bond donors (Lipinski definition) is 2. The van der Waals surface area contributed by atoms with E-state index in [-0.39, 0.29) is 11.3 Å². The van der Waals surface area contributed by atoms with Crippen LogP contribution in [-0.2, 0) is 9.53 Å². The molecule has 0 fully saturated rings. The molecular formula is C14H12BrF3N2O3. The highest BCUT2D eigenvalue weighted by atomic mass is 79.9. The fraction of sp³-hybridized carbons (Fsp3) is 0.286. The Morgan fingerprint density at radius 1 is 1.30 bits per heavy atom. The lowest BCUT2D eigenvalue weighted by molar-refractivity contribution is -0.183. The Morgan fingerprint density at radius 3 is 2.48 bits per heavy atom. The number of halogens is 4. The van der Waals surface area contributed by atoms with E-state index in [1.165, 1.54) is 6.92 Å². The molecule has 2 amide bonds. The largest absolute Gasteiger partial charge is 0.453 e. The molecule has 0 aromatic heterocycles. The van der Waals surface area contributed by atoms with Gasteiger partial charge in [0.05, 0.1) is 11.6 Å². The molecule has 0 bridgehead atoms. The van der Waals surface area contributed by atoms with Gasteiger partial charge in [0.15, 0.2) is 6.61 Å². The molecule has 1 aliphatic rings. The van der Waals surface area contributed by atoms with Crippen molar-refractivity contribution < 1.29 is 27.5 Å². The average molecular weight is 393 g/mol. The standard InChI is InChI=1S/C14H12BrF3N2O3/c1-7-10(12(21)23-6-14(16,17)18)11(20-13(22)19-7)8-2-4-9(15)5-3-8/h2-5,11H,6H2,1H3,(H2,19,20,22). The summed E-state index contributed by atoms with van der Waals surface area (Å²) in [4.78, 5) is 23.6. The number of alkyl halides is 3. The van der Waals surface area contributed by atoms with Crippen molar-refractivity contribution in [3.8, 4) is 0 Å². The molecule has 0 aliphatic carbocycles. The fourth-order valence-electron chi connectivity index (χ4n) is 2.09. The van der Waals surface area contributed by atoms with Crippen LogP contribution in [0.15, 0.2) is 40.0 Å². The highest BCUT2D eigenvalue weighted by molar-refractivity contribution is 9.10. The van der Waals surface area contributed by atoms with Crippen molar-refractivity contribution >= 4 is 27.9 Å². The zero-order valence-electron chi connectivity index (χ0n) is 11.8. The Balaban J connectivity index is 2.31. The van der Waals surface area contributed by atoms with Crippen LogP contribution in [0, 0.1) is 0 Å². The molecule has 5 nitrogen and oxygen atoms in total. The third-order valence-electron chi connectivity index (χ3n) is 3.06. The van der Waals surface area contributed by atoms with Gasteiger partial charge in [-0.1, -0.05) is 28.1 Å². The molecular weight excluding hydrogens is 381 g/mol. The molecule has 0 saturated heterocycles. The minimum Gasteiger partial charge on any atom is -0.453 e. The van der Waals surface area contributed by atoms with Gasteiger partial charge in [-0.2, -0.15) is 13.2 Å². The van der Waals surface area contributed by atoms with Crippen LogP contribution < -0.4 is 10.6 Å². The van der Waals surface area contributed by atoms with E-state index in [9.17, 15) is 22.8 Å². The number of ether oxygens (including phenoxy) is 1. The molecule has 0 radical (unpaired) electrons. The predicted octanol–water partition coefficient (Wildman–Crippen LogP) is 3.18. The number of carbonyl (C=O) groups is 2. The zero-order valence-corrected chi connectivity index (χ0v) is 13.4. The SMILES string of the molecule is CC1=C(C(=O)OCC(F)(F)F)C(c2ccc(Br)cc2)NC(=O)N1. The second-order valence-corrected chi connectivity index (χ2v) is 5.73. The van der Waals surface area contributed by atoms with Crippen LogP contribution in [0.3, 0.4) is 0 Å². The summed E-state index contributed by atoms with van der Waals surface area (Å²) < 4.78 is 41.8. The second-order valence-electron chi connectivity index (χ2n) is 4.81. The Bertz CT molecular complexity index is 656. The van der Waals surface area contributed by atoms with E-state index in [2.05, 4.69) is 31.3 Å². The molecule has 124 valence electrons. The van der Waals surface area contributed by atoms with Crippen LogP contribution in [0.1, 0.15) is 18.5 Å². The summed E-state index contributed by atoms with van der Waals surface area (Å²) in [7, 11) is 0. The normalized spacial score (nSPS) is 18.3. The van der Waals surface area contributed by atoms with Gasteiger partial charge >= 0.3 is 18.2 Å². The molecule has 2 rings (SSSR count). The van der Waals surface area contributed by atoms with E-state index in [0.29, 0.717) is 5.56 Å². The molecule has 23 heavy (non-hydrogen) atoms. The topological polar surface area (TPSA) is 67.4 Å². The Labute approximate surface area is 138 Å². The first-order valence-corrected chi connectivity index (χ1v) is 7.24. The molecule has 0 saturated carbocycles. The van der Waals surface area contributed by atoms with Crippen LogP contribution in [0.4, 0.5) is 18.0 Å². The number of hydrogen-bond acceptors (Lipinski definition) is 3. The molecule has 9 heteroatoms. The highest BCUT2D eigenvalue weighted by Gasteiger charge is 2.35. The average Bonchev–Trinajstić information content (AvgIpc) is 2.44. The third-order valence-corrected chi connectivity index (χ3v) is 3.59. The van der Waals surface area contributed by atoms with Gasteiger partial charge in [-0.3, -0.25) is 0 Å². The fourth-order valence-corrected chi connectivity index (χ4v) is 2.36. The van der Waals surface area contributed by atoms with Crippen LogP contribution >= 0.6 is 15.9 Å². The molecule has 2 N–H and O–H groups in total. The minimum absolute atomic E-state index is 0.0730. The van der Waals surface area contributed by atoms with Crippen molar-refractivity contribution in [2.24, 2.45) is 0 Å². The first-order valence-electron chi connectivity index (χ1n) is 6.45. The van der Waals surface area contributed by atoms with Crippen LogP contribution in [-0.4, -0.2) is 24.8 Å². The first kappa shape index (κ1) is 17.3. The summed E-state index contributed by atoms with van der Waals surface area (Å²) in [6.45, 7) is -0.265. The maximum atomic E-state index is 12.2. The number of amides is 2. The lowest BCUT2D eigenvalue weighted by Gasteiger charge is -2.28. The van der Waals surface area contributed by atoms with E-state index in [1.54, 1.807) is 24.3 Å². The van der Waals surface area contributed by atoms with Crippen molar-refractivity contribution in [1.82, 2.24) is 10.6 Å². The van der Waals surface area contributed by atoms with Crippen LogP contribution in [0.2, 0.25) is 0 Å². The maximum absolute atomic E-state index is 12.2. The quantitative estimate of drug-likeness (QED) is 0.776. The van der Waals surface area contributed by atoms with Gasteiger partial charge in [0.1, 0.15) is 0 Å². The smallest absolute Gasteiger partial charge is 0.422 e. The van der Waals surface area contributed by atoms with E-state index in [4.69, 9.17) is 0 Å². The molecule has 0 spiro atoms. The van der Waals surface area contributed by atoms with Crippen molar-refractivity contribution in [3.63, 3.8) is 0 Å². The summed E-state index contributed by atoms with van der Waals surface area (Å²) in [5, 5.41) is 4.86. The van der Waals surface area contributed by atoms with Gasteiger partial charge in [-0.15, -0.1) is 0 Å². The highest BCUT2D eigenvalue weighted by Crippen LogP contribution is 2.29. The molecule has 1 aromatic carbocycles. The zero-order chi connectivity index (χ0) is 17.2. The van der Waals surface area contributed by atoms with Gasteiger partial charge in [0, 0.05) is 10.2 Å². The summed E-state index contributed by atoms with van der Waals surface area (Å²) in [6.07, 6.45) is -4.62. The van der Waals surface area contributed by atoms with Gasteiger partial charge in [0.25, 0.3) is 0 Å². The van der Waals surface area contributed by atoms with Crippen molar-refractivity contribution in [2.45, 2.75) is 19.1 Å². The molecule has 1 aliphatic heterocycles. The molecule has 1 atom stereocenters.